The van der Waals surface area contributed by atoms with Gasteiger partial charge in [-0.05, 0) is 0 Å². The lowest BCUT2D eigenvalue weighted by atomic mass is 10.6. The molecule has 0 amide bonds. The van der Waals surface area contributed by atoms with Crippen LogP contribution in [0.5, 0.6) is 0 Å². The summed E-state index contributed by atoms with van der Waals surface area (Å²) in [5, 5.41) is -0.336. The Morgan fingerprint density at radius 2 is 2.25 bits per heavy atom. The third-order valence-corrected chi connectivity index (χ3v) is 1.52. The zero-order valence-corrected chi connectivity index (χ0v) is 4.68. The molecule has 0 saturated heterocycles. The van der Waals surface area contributed by atoms with Crippen LogP contribution in [0.3, 0.4) is 0 Å². The van der Waals surface area contributed by atoms with Crippen LogP contribution >= 0.6 is 0 Å². The summed E-state index contributed by atoms with van der Waals surface area (Å²) in [5.74, 6) is 0. The fourth-order valence-electron chi connectivity index (χ4n) is 0.331. The van der Waals surface area contributed by atoms with Crippen molar-refractivity contribution in [1.82, 2.24) is 0 Å². The molecule has 5 heteroatoms. The minimum Gasteiger partial charge on any atom is -0.477 e. The Hall–Kier alpha value is -0.550. The smallest absolute Gasteiger partial charge is 0.327 e. The first-order chi connectivity index (χ1) is 3.61. The van der Waals surface area contributed by atoms with Gasteiger partial charge >= 0.3 is 10.1 Å². The largest absolute Gasteiger partial charge is 0.477 e. The molecule has 8 heavy (non-hydrogen) atoms. The van der Waals surface area contributed by atoms with Crippen LogP contribution in [0.2, 0.25) is 0 Å². The van der Waals surface area contributed by atoms with Crippen LogP contribution in [-0.4, -0.2) is 19.6 Å². The van der Waals surface area contributed by atoms with E-state index in [1.54, 1.807) is 0 Å². The molecule has 0 aromatic rings. The van der Waals surface area contributed by atoms with E-state index in [9.17, 15) is 8.42 Å². The van der Waals surface area contributed by atoms with E-state index in [0.717, 1.165) is 0 Å². The molecule has 0 radical (unpaired) electrons. The molecule has 1 heterocycles. The maximum Gasteiger partial charge on any atom is 0.327 e. The van der Waals surface area contributed by atoms with Gasteiger partial charge in [0.25, 0.3) is 0 Å². The Labute approximate surface area is 46.5 Å². The van der Waals surface area contributed by atoms with Gasteiger partial charge in [-0.1, -0.05) is 0 Å². The molecule has 1 N–H and O–H groups in total. The Bertz CT molecular complexity index is 211. The molecular formula is C3H4O4S. The van der Waals surface area contributed by atoms with Crippen molar-refractivity contribution in [2.24, 2.45) is 0 Å². The van der Waals surface area contributed by atoms with Crippen molar-refractivity contribution in [1.29, 1.82) is 0 Å². The average Bonchev–Trinajstić information content (AvgIpc) is 1.16. The predicted octanol–water partition coefficient (Wildman–Crippen LogP) is -0.254. The first-order valence-electron chi connectivity index (χ1n) is 1.91. The molecule has 0 atom stereocenters. The SMILES string of the molecule is O=S(=O)(O)C1=CCO1. The molecule has 0 saturated carbocycles. The van der Waals surface area contributed by atoms with Gasteiger partial charge in [-0.25, -0.2) is 0 Å². The van der Waals surface area contributed by atoms with E-state index in [1.807, 2.05) is 0 Å². The number of hydrogen-bond acceptors (Lipinski definition) is 3. The summed E-state index contributed by atoms with van der Waals surface area (Å²) in [5.41, 5.74) is 0. The lowest BCUT2D eigenvalue weighted by Crippen LogP contribution is -2.13. The molecule has 0 unspecified atom stereocenters. The van der Waals surface area contributed by atoms with E-state index in [4.69, 9.17) is 4.55 Å². The van der Waals surface area contributed by atoms with E-state index in [0.29, 0.717) is 0 Å². The van der Waals surface area contributed by atoms with Gasteiger partial charge < -0.3 is 4.74 Å². The highest BCUT2D eigenvalue weighted by Gasteiger charge is 2.20. The van der Waals surface area contributed by atoms with E-state index >= 15 is 0 Å². The number of rotatable bonds is 1. The van der Waals surface area contributed by atoms with Crippen LogP contribution in [0.15, 0.2) is 11.2 Å². The van der Waals surface area contributed by atoms with Crippen LogP contribution < -0.4 is 0 Å². The van der Waals surface area contributed by atoms with Gasteiger partial charge in [-0.2, -0.15) is 8.42 Å². The average molecular weight is 136 g/mol. The lowest BCUT2D eigenvalue weighted by Gasteiger charge is -2.11. The quantitative estimate of drug-likeness (QED) is 0.504. The standard InChI is InChI=1S/C3H4O4S/c4-8(5,6)3-1-2-7-3/h1H,2H2,(H,4,5,6). The van der Waals surface area contributed by atoms with Gasteiger partial charge in [0.15, 0.2) is 0 Å². The molecule has 0 aliphatic carbocycles. The molecule has 4 nitrogen and oxygen atoms in total. The number of ether oxygens (including phenoxy) is 1. The van der Waals surface area contributed by atoms with Crippen LogP contribution in [0.4, 0.5) is 0 Å². The summed E-state index contributed by atoms with van der Waals surface area (Å²) in [6.45, 7) is 0.273. The molecule has 0 aromatic carbocycles. The van der Waals surface area contributed by atoms with E-state index < -0.39 is 10.1 Å². The normalized spacial score (nSPS) is 18.4. The molecule has 1 rings (SSSR count). The minimum absolute atomic E-state index is 0.273. The summed E-state index contributed by atoms with van der Waals surface area (Å²) in [4.78, 5) is 0. The highest BCUT2D eigenvalue weighted by atomic mass is 32.2. The van der Waals surface area contributed by atoms with E-state index in [1.165, 1.54) is 6.08 Å². The van der Waals surface area contributed by atoms with E-state index in [-0.39, 0.29) is 11.7 Å². The molecule has 0 bridgehead atoms. The Morgan fingerprint density at radius 1 is 1.75 bits per heavy atom. The van der Waals surface area contributed by atoms with Crippen LogP contribution in [-0.2, 0) is 14.9 Å². The maximum absolute atomic E-state index is 9.98. The van der Waals surface area contributed by atoms with Gasteiger partial charge in [0.05, 0.1) is 0 Å². The minimum atomic E-state index is -4.03. The van der Waals surface area contributed by atoms with Crippen molar-refractivity contribution in [2.45, 2.75) is 0 Å². The molecule has 0 fully saturated rings. The van der Waals surface area contributed by atoms with Crippen molar-refractivity contribution in [3.63, 3.8) is 0 Å². The van der Waals surface area contributed by atoms with Gasteiger partial charge in [-0.3, -0.25) is 4.55 Å². The van der Waals surface area contributed by atoms with Crippen molar-refractivity contribution < 1.29 is 17.7 Å². The maximum atomic E-state index is 9.98. The second-order valence-corrected chi connectivity index (χ2v) is 2.66. The molecule has 0 aromatic heterocycles. The highest BCUT2D eigenvalue weighted by molar-refractivity contribution is 7.89. The predicted molar refractivity (Wildman–Crippen MR) is 25.6 cm³/mol. The Morgan fingerprint density at radius 3 is 2.25 bits per heavy atom. The summed E-state index contributed by atoms with van der Waals surface area (Å²) >= 11 is 0. The highest BCUT2D eigenvalue weighted by Crippen LogP contribution is 2.13. The Balaban J connectivity index is 2.91. The lowest BCUT2D eigenvalue weighted by molar-refractivity contribution is 0.217. The molecule has 46 valence electrons. The first kappa shape index (κ1) is 5.58. The first-order valence-corrected chi connectivity index (χ1v) is 3.35. The molecular weight excluding hydrogens is 132 g/mol. The van der Waals surface area contributed by atoms with Gasteiger partial charge in [0.2, 0.25) is 5.09 Å². The van der Waals surface area contributed by atoms with Crippen molar-refractivity contribution in [2.75, 3.05) is 6.61 Å². The summed E-state index contributed by atoms with van der Waals surface area (Å²) in [7, 11) is -4.03. The van der Waals surface area contributed by atoms with Crippen molar-refractivity contribution in [3.05, 3.63) is 11.2 Å². The van der Waals surface area contributed by atoms with Gasteiger partial charge in [-0.15, -0.1) is 0 Å². The third kappa shape index (κ3) is 0.823. The zero-order chi connectivity index (χ0) is 6.20. The van der Waals surface area contributed by atoms with Crippen LogP contribution in [0.25, 0.3) is 0 Å². The number of hydrogen-bond donors (Lipinski definition) is 1. The summed E-state index contributed by atoms with van der Waals surface area (Å²) in [6, 6.07) is 0. The monoisotopic (exact) mass is 136 g/mol. The second kappa shape index (κ2) is 1.46. The summed E-state index contributed by atoms with van der Waals surface area (Å²) in [6.07, 6.45) is 1.29. The fraction of sp³-hybridized carbons (Fsp3) is 0.333. The fourth-order valence-corrected chi connectivity index (χ4v) is 0.827. The van der Waals surface area contributed by atoms with Crippen molar-refractivity contribution in [3.8, 4) is 0 Å². The second-order valence-electron chi connectivity index (χ2n) is 1.31. The van der Waals surface area contributed by atoms with Gasteiger partial charge in [0, 0.05) is 6.08 Å². The molecule has 1 aliphatic rings. The molecule has 0 spiro atoms. The van der Waals surface area contributed by atoms with E-state index in [2.05, 4.69) is 4.74 Å². The van der Waals surface area contributed by atoms with Gasteiger partial charge in [0.1, 0.15) is 6.61 Å². The Kier molecular flexibility index (Phi) is 1.02. The molecule has 1 aliphatic heterocycles. The third-order valence-electron chi connectivity index (χ3n) is 0.730. The van der Waals surface area contributed by atoms with Crippen LogP contribution in [0, 0.1) is 0 Å². The zero-order valence-electron chi connectivity index (χ0n) is 3.86. The van der Waals surface area contributed by atoms with Crippen molar-refractivity contribution >= 4 is 10.1 Å². The van der Waals surface area contributed by atoms with Crippen LogP contribution in [0.1, 0.15) is 0 Å². The topological polar surface area (TPSA) is 63.6 Å². The summed E-state index contributed by atoms with van der Waals surface area (Å²) < 4.78 is 32.4.